The van der Waals surface area contributed by atoms with Gasteiger partial charge in [0.05, 0.1) is 0 Å². The first-order chi connectivity index (χ1) is 7.78. The average molecular weight is 216 g/mol. The number of benzene rings is 1. The molecule has 1 heteroatoms. The van der Waals surface area contributed by atoms with Crippen LogP contribution < -0.4 is 0 Å². The van der Waals surface area contributed by atoms with Gasteiger partial charge in [-0.05, 0) is 6.07 Å². The summed E-state index contributed by atoms with van der Waals surface area (Å²) in [4.78, 5) is 0. The zero-order valence-electron chi connectivity index (χ0n) is 10.4. The second-order valence-electron chi connectivity index (χ2n) is 3.70. The zero-order valence-corrected chi connectivity index (χ0v) is 10.4. The van der Waals surface area contributed by atoms with Gasteiger partial charge in [-0.25, -0.2) is 0 Å². The summed E-state index contributed by atoms with van der Waals surface area (Å²) in [5, 5.41) is 1.16. The molecule has 0 atom stereocenters. The Hall–Kier alpha value is -1.50. The number of para-hydroxylation sites is 1. The highest BCUT2D eigenvalue weighted by Gasteiger charge is 2.08. The number of fused-ring (bicyclic) bond motifs is 1. The van der Waals surface area contributed by atoms with E-state index in [1.165, 1.54) is 6.42 Å². The van der Waals surface area contributed by atoms with Crippen molar-refractivity contribution in [2.75, 3.05) is 0 Å². The van der Waals surface area contributed by atoms with E-state index in [2.05, 4.69) is 33.4 Å². The molecule has 1 nitrogen and oxygen atoms in total. The van der Waals surface area contributed by atoms with Crippen LogP contribution in [0.3, 0.4) is 0 Å². The van der Waals surface area contributed by atoms with Crippen LogP contribution in [0.25, 0.3) is 17.0 Å². The van der Waals surface area contributed by atoms with Gasteiger partial charge in [0.15, 0.2) is 0 Å². The van der Waals surface area contributed by atoms with Crippen LogP contribution in [0.4, 0.5) is 0 Å². The fourth-order valence-corrected chi connectivity index (χ4v) is 1.60. The van der Waals surface area contributed by atoms with Crippen molar-refractivity contribution in [2.24, 2.45) is 0 Å². The molecule has 1 aromatic heterocycles. The van der Waals surface area contributed by atoms with Gasteiger partial charge >= 0.3 is 0 Å². The van der Waals surface area contributed by atoms with Crippen LogP contribution in [-0.2, 0) is 6.42 Å². The summed E-state index contributed by atoms with van der Waals surface area (Å²) in [6.07, 6.45) is 4.03. The Morgan fingerprint density at radius 2 is 1.81 bits per heavy atom. The number of hydrogen-bond donors (Lipinski definition) is 0. The van der Waals surface area contributed by atoms with Crippen LogP contribution in [0.15, 0.2) is 35.3 Å². The number of hydrogen-bond acceptors (Lipinski definition) is 1. The van der Waals surface area contributed by atoms with E-state index in [0.29, 0.717) is 0 Å². The van der Waals surface area contributed by atoms with E-state index in [4.69, 9.17) is 4.42 Å². The van der Waals surface area contributed by atoms with Gasteiger partial charge in [0.1, 0.15) is 11.3 Å². The molecule has 0 radical (unpaired) electrons. The average Bonchev–Trinajstić information content (AvgIpc) is 2.67. The Bertz CT molecular complexity index is 451. The molecule has 0 bridgehead atoms. The largest absolute Gasteiger partial charge is 0.460 e. The lowest BCUT2D eigenvalue weighted by molar-refractivity contribution is 0.556. The van der Waals surface area contributed by atoms with Crippen LogP contribution in [0.2, 0.25) is 0 Å². The molecule has 2 rings (SSSR count). The summed E-state index contributed by atoms with van der Waals surface area (Å²) in [5.74, 6) is 1.02. The van der Waals surface area contributed by atoms with E-state index >= 15 is 0 Å². The molecule has 0 unspecified atom stereocenters. The topological polar surface area (TPSA) is 13.1 Å². The molecule has 0 aliphatic rings. The van der Waals surface area contributed by atoms with Crippen LogP contribution in [0.1, 0.15) is 38.5 Å². The van der Waals surface area contributed by atoms with Crippen LogP contribution in [-0.4, -0.2) is 0 Å². The van der Waals surface area contributed by atoms with Crippen molar-refractivity contribution in [3.05, 3.63) is 42.2 Å². The molecule has 0 amide bonds. The van der Waals surface area contributed by atoms with Crippen LogP contribution >= 0.6 is 0 Å². The molecule has 0 fully saturated rings. The molecular formula is C15H20O. The maximum Gasteiger partial charge on any atom is 0.134 e. The fraction of sp³-hybridized carbons (Fsp3) is 0.333. The van der Waals surface area contributed by atoms with Gasteiger partial charge in [0, 0.05) is 17.4 Å². The van der Waals surface area contributed by atoms with Gasteiger partial charge in [0.25, 0.3) is 0 Å². The van der Waals surface area contributed by atoms with E-state index in [1.807, 2.05) is 24.3 Å². The van der Waals surface area contributed by atoms with Crippen molar-refractivity contribution < 1.29 is 4.42 Å². The van der Waals surface area contributed by atoms with Crippen molar-refractivity contribution in [1.82, 2.24) is 0 Å². The maximum absolute atomic E-state index is 5.67. The van der Waals surface area contributed by atoms with Crippen LogP contribution in [0, 0.1) is 0 Å². The summed E-state index contributed by atoms with van der Waals surface area (Å²) in [6, 6.07) is 8.05. The Balaban J connectivity index is 0.000000386. The Kier molecular flexibility index (Phi) is 4.84. The minimum Gasteiger partial charge on any atom is -0.460 e. The lowest BCUT2D eigenvalue weighted by Gasteiger charge is -1.90. The van der Waals surface area contributed by atoms with E-state index in [1.54, 1.807) is 0 Å². The molecule has 0 N–H and O–H groups in total. The van der Waals surface area contributed by atoms with Gasteiger partial charge in [-0.1, -0.05) is 58.0 Å². The predicted octanol–water partition coefficient (Wildman–Crippen LogP) is 5.05. The first-order valence-electron chi connectivity index (χ1n) is 5.91. The lowest BCUT2D eigenvalue weighted by atomic mass is 10.1. The summed E-state index contributed by atoms with van der Waals surface area (Å²) in [5.41, 5.74) is 2.09. The van der Waals surface area contributed by atoms with Crippen LogP contribution in [0.5, 0.6) is 0 Å². The summed E-state index contributed by atoms with van der Waals surface area (Å²) in [6.45, 7) is 10.1. The third-order valence-corrected chi connectivity index (χ3v) is 2.24. The molecule has 86 valence electrons. The van der Waals surface area contributed by atoms with Crippen molar-refractivity contribution in [3.63, 3.8) is 0 Å². The molecule has 0 saturated carbocycles. The number of rotatable bonds is 2. The summed E-state index contributed by atoms with van der Waals surface area (Å²) in [7, 11) is 0. The van der Waals surface area contributed by atoms with Crippen molar-refractivity contribution >= 4 is 17.0 Å². The zero-order chi connectivity index (χ0) is 12.0. The van der Waals surface area contributed by atoms with Crippen molar-refractivity contribution in [3.8, 4) is 0 Å². The molecule has 1 aromatic carbocycles. The standard InChI is InChI=1S/C12H12O.C3H8/c1-3-9-10-7-5-6-8-12(10)13-11(9)4-2;1-3-2/h3,5-8H,1,4H2,2H3;3H2,1-2H3. The minimum atomic E-state index is 0.913. The number of aryl methyl sites for hydroxylation is 1. The predicted molar refractivity (Wildman–Crippen MR) is 71.6 cm³/mol. The molecule has 0 saturated heterocycles. The second-order valence-corrected chi connectivity index (χ2v) is 3.70. The number of furan rings is 1. The van der Waals surface area contributed by atoms with E-state index in [9.17, 15) is 0 Å². The molecule has 0 aliphatic heterocycles. The quantitative estimate of drug-likeness (QED) is 0.684. The Morgan fingerprint density at radius 1 is 1.19 bits per heavy atom. The Labute approximate surface area is 97.8 Å². The van der Waals surface area contributed by atoms with Gasteiger partial charge in [-0.15, -0.1) is 0 Å². The molecule has 1 heterocycles. The molecule has 0 aliphatic carbocycles. The third kappa shape index (κ3) is 2.54. The van der Waals surface area contributed by atoms with Gasteiger partial charge in [-0.2, -0.15) is 0 Å². The van der Waals surface area contributed by atoms with E-state index < -0.39 is 0 Å². The minimum absolute atomic E-state index is 0.913. The van der Waals surface area contributed by atoms with Crippen molar-refractivity contribution in [1.29, 1.82) is 0 Å². The van der Waals surface area contributed by atoms with Gasteiger partial charge < -0.3 is 4.42 Å². The first kappa shape index (κ1) is 12.6. The molecule has 16 heavy (non-hydrogen) atoms. The first-order valence-corrected chi connectivity index (χ1v) is 5.91. The van der Waals surface area contributed by atoms with E-state index in [0.717, 1.165) is 28.7 Å². The highest BCUT2D eigenvalue weighted by Crippen LogP contribution is 2.26. The monoisotopic (exact) mass is 216 g/mol. The fourth-order valence-electron chi connectivity index (χ4n) is 1.60. The molecule has 0 spiro atoms. The maximum atomic E-state index is 5.67. The lowest BCUT2D eigenvalue weighted by Crippen LogP contribution is -1.77. The SMILES string of the molecule is C=Cc1c(CC)oc2ccccc12.CCC. The van der Waals surface area contributed by atoms with Gasteiger partial charge in [-0.3, -0.25) is 0 Å². The highest BCUT2D eigenvalue weighted by atomic mass is 16.3. The normalized spacial score (nSPS) is 9.69. The molecular weight excluding hydrogens is 196 g/mol. The smallest absolute Gasteiger partial charge is 0.134 e. The summed E-state index contributed by atoms with van der Waals surface area (Å²) >= 11 is 0. The van der Waals surface area contributed by atoms with Gasteiger partial charge in [0.2, 0.25) is 0 Å². The Morgan fingerprint density at radius 3 is 2.38 bits per heavy atom. The molecule has 2 aromatic rings. The second kappa shape index (κ2) is 6.16. The van der Waals surface area contributed by atoms with E-state index in [-0.39, 0.29) is 0 Å². The summed E-state index contributed by atoms with van der Waals surface area (Å²) < 4.78 is 5.67. The third-order valence-electron chi connectivity index (χ3n) is 2.24. The van der Waals surface area contributed by atoms with Crippen molar-refractivity contribution in [2.45, 2.75) is 33.6 Å². The highest BCUT2D eigenvalue weighted by molar-refractivity contribution is 5.88.